The van der Waals surface area contributed by atoms with Crippen LogP contribution in [0.5, 0.6) is 0 Å². The van der Waals surface area contributed by atoms with Crippen LogP contribution in [-0.4, -0.2) is 71.2 Å². The van der Waals surface area contributed by atoms with Gasteiger partial charge in [-0.25, -0.2) is 13.2 Å². The van der Waals surface area contributed by atoms with Crippen molar-refractivity contribution in [3.8, 4) is 0 Å². The first-order valence-electron chi connectivity index (χ1n) is 6.89. The minimum atomic E-state index is -9.16. The molecule has 0 aliphatic heterocycles. The summed E-state index contributed by atoms with van der Waals surface area (Å²) < 4.78 is 269. The van der Waals surface area contributed by atoms with E-state index in [9.17, 15) is 92.2 Å². The van der Waals surface area contributed by atoms with Crippen LogP contribution >= 0.6 is 0 Å². The Morgan fingerprint density at radius 3 is 0.697 bits per heavy atom. The second-order valence-corrected chi connectivity index (χ2v) is 5.90. The zero-order chi connectivity index (χ0) is 27.7. The lowest BCUT2D eigenvalue weighted by Gasteiger charge is -2.44. The topological polar surface area (TPSA) is 20.2 Å². The molecule has 1 unspecified atom stereocenters. The Labute approximate surface area is 165 Å². The molecule has 200 valence electrons. The molecule has 0 saturated heterocycles. The first-order valence-corrected chi connectivity index (χ1v) is 6.89. The summed E-state index contributed by atoms with van der Waals surface area (Å²) in [5, 5.41) is 7.60. The van der Waals surface area contributed by atoms with Crippen molar-refractivity contribution in [2.24, 2.45) is 0 Å². The summed E-state index contributed by atoms with van der Waals surface area (Å²) >= 11 is 0. The van der Waals surface area contributed by atoms with E-state index in [0.29, 0.717) is 0 Å². The van der Waals surface area contributed by atoms with Crippen molar-refractivity contribution in [2.45, 2.75) is 66.1 Å². The number of aliphatic hydroxyl groups is 1. The minimum Gasteiger partial charge on any atom is -0.359 e. The van der Waals surface area contributed by atoms with Crippen LogP contribution in [0, 0.1) is 0 Å². The van der Waals surface area contributed by atoms with Crippen molar-refractivity contribution in [3.63, 3.8) is 0 Å². The van der Waals surface area contributed by atoms with E-state index >= 15 is 0 Å². The third-order valence-corrected chi connectivity index (χ3v) is 3.78. The fourth-order valence-electron chi connectivity index (χ4n) is 1.69. The van der Waals surface area contributed by atoms with Crippen LogP contribution in [0.4, 0.5) is 92.2 Å². The zero-order valence-electron chi connectivity index (χ0n) is 14.0. The second-order valence-electron chi connectivity index (χ2n) is 5.90. The highest BCUT2D eigenvalue weighted by Crippen LogP contribution is 2.65. The third-order valence-electron chi connectivity index (χ3n) is 3.78. The van der Waals surface area contributed by atoms with Crippen LogP contribution < -0.4 is 0 Å². The van der Waals surface area contributed by atoms with Crippen LogP contribution in [0.25, 0.3) is 0 Å². The Kier molecular flexibility index (Phi) is 7.40. The van der Waals surface area contributed by atoms with Gasteiger partial charge in [0.05, 0.1) is 0 Å². The van der Waals surface area contributed by atoms with Crippen molar-refractivity contribution in [1.82, 2.24) is 0 Å². The zero-order valence-corrected chi connectivity index (χ0v) is 14.0. The van der Waals surface area contributed by atoms with E-state index < -0.39 is 66.1 Å². The highest BCUT2D eigenvalue weighted by Gasteiger charge is 2.97. The molecule has 1 nitrogen and oxygen atoms in total. The molecule has 0 heterocycles. The molecule has 0 fully saturated rings. The number of alkyl halides is 21. The maximum atomic E-state index is 13.2. The molecule has 1 atom stereocenters. The molecule has 0 saturated carbocycles. The van der Waals surface area contributed by atoms with E-state index in [-0.39, 0.29) is 0 Å². The van der Waals surface area contributed by atoms with Gasteiger partial charge in [0.1, 0.15) is 0 Å². The van der Waals surface area contributed by atoms with Gasteiger partial charge in [0.25, 0.3) is 6.36 Å². The van der Waals surface area contributed by atoms with Gasteiger partial charge in [-0.05, 0) is 0 Å². The monoisotopic (exact) mass is 550 g/mol. The summed E-state index contributed by atoms with van der Waals surface area (Å²) in [4.78, 5) is 0. The predicted octanol–water partition coefficient (Wildman–Crippen LogP) is 6.26. The molecule has 0 aromatic heterocycles. The smallest absolute Gasteiger partial charge is 0.359 e. The number of rotatable bonds is 10. The Morgan fingerprint density at radius 1 is 0.333 bits per heavy atom. The fourth-order valence-corrected chi connectivity index (χ4v) is 1.69. The number of halogens is 21. The number of hydrogen-bond donors (Lipinski definition) is 1. The second kappa shape index (κ2) is 7.75. The molecule has 0 amide bonds. The van der Waals surface area contributed by atoms with Gasteiger partial charge in [0.2, 0.25) is 0 Å². The first-order chi connectivity index (χ1) is 13.9. The summed E-state index contributed by atoms with van der Waals surface area (Å²) in [6, 6.07) is 0. The fraction of sp³-hybridized carbons (Fsp3) is 1.00. The van der Waals surface area contributed by atoms with Gasteiger partial charge in [0, 0.05) is 0 Å². The maximum absolute atomic E-state index is 13.2. The van der Waals surface area contributed by atoms with Crippen LogP contribution in [0.3, 0.4) is 0 Å². The molecule has 0 bridgehead atoms. The Hall–Kier alpha value is -1.51. The standard InChI is InChI=1S/C11H3F21O/c12-1(13)3(15,16)5(19,20)7(23,24)9(27,28)11(31,32)10(29,30)8(25,26)6(21,22)4(17,18)2(14)33/h1-2,33H. The number of aliphatic hydroxyl groups excluding tert-OH is 1. The molecule has 1 N–H and O–H groups in total. The Balaban J connectivity index is 7.00. The van der Waals surface area contributed by atoms with Crippen LogP contribution in [-0.2, 0) is 0 Å². The van der Waals surface area contributed by atoms with Crippen molar-refractivity contribution in [2.75, 3.05) is 0 Å². The van der Waals surface area contributed by atoms with E-state index in [1.54, 1.807) is 0 Å². The maximum Gasteiger partial charge on any atom is 0.385 e. The van der Waals surface area contributed by atoms with Gasteiger partial charge >= 0.3 is 59.7 Å². The van der Waals surface area contributed by atoms with Gasteiger partial charge in [-0.2, -0.15) is 79.0 Å². The largest absolute Gasteiger partial charge is 0.385 e. The molecule has 33 heavy (non-hydrogen) atoms. The van der Waals surface area contributed by atoms with Gasteiger partial charge in [-0.1, -0.05) is 0 Å². The van der Waals surface area contributed by atoms with E-state index in [1.807, 2.05) is 0 Å². The van der Waals surface area contributed by atoms with Crippen molar-refractivity contribution in [3.05, 3.63) is 0 Å². The van der Waals surface area contributed by atoms with Gasteiger partial charge in [-0.3, -0.25) is 0 Å². The Morgan fingerprint density at radius 2 is 0.515 bits per heavy atom. The van der Waals surface area contributed by atoms with E-state index in [1.165, 1.54) is 0 Å². The van der Waals surface area contributed by atoms with Gasteiger partial charge < -0.3 is 5.11 Å². The molecule has 0 aromatic rings. The summed E-state index contributed by atoms with van der Waals surface area (Å²) in [6.45, 7) is 0. The summed E-state index contributed by atoms with van der Waals surface area (Å²) in [6.07, 6.45) is -11.8. The molecule has 22 heteroatoms. The van der Waals surface area contributed by atoms with Crippen LogP contribution in [0.15, 0.2) is 0 Å². The van der Waals surface area contributed by atoms with E-state index in [0.717, 1.165) is 0 Å². The molecule has 0 rings (SSSR count). The minimum absolute atomic E-state index is 5.65. The molecule has 0 aromatic carbocycles. The SMILES string of the molecule is OC(F)C(F)(F)C(F)(F)C(F)(F)C(F)(F)C(F)(F)C(F)(F)C(F)(F)C(F)(F)C(F)(F)C(F)F. The summed E-state index contributed by atoms with van der Waals surface area (Å²) in [7, 11) is 0. The average Bonchev–Trinajstić information content (AvgIpc) is 2.59. The highest BCUT2D eigenvalue weighted by molar-refractivity contribution is 5.17. The third kappa shape index (κ3) is 3.64. The quantitative estimate of drug-likeness (QED) is 0.319. The van der Waals surface area contributed by atoms with Crippen LogP contribution in [0.2, 0.25) is 0 Å². The van der Waals surface area contributed by atoms with Crippen molar-refractivity contribution < 1.29 is 97.3 Å². The molecule has 0 radical (unpaired) electrons. The lowest BCUT2D eigenvalue weighted by atomic mass is 9.86. The normalized spacial score (nSPS) is 17.5. The molecular formula is C11H3F21O. The van der Waals surface area contributed by atoms with Crippen molar-refractivity contribution >= 4 is 0 Å². The highest BCUT2D eigenvalue weighted by atomic mass is 19.4. The molecule has 0 aliphatic carbocycles. The van der Waals surface area contributed by atoms with Crippen molar-refractivity contribution in [1.29, 1.82) is 0 Å². The van der Waals surface area contributed by atoms with Gasteiger partial charge in [-0.15, -0.1) is 0 Å². The lowest BCUT2D eigenvalue weighted by molar-refractivity contribution is -0.469. The van der Waals surface area contributed by atoms with E-state index in [2.05, 4.69) is 0 Å². The molecule has 0 aliphatic rings. The molecular weight excluding hydrogens is 547 g/mol. The van der Waals surface area contributed by atoms with Crippen LogP contribution in [0.1, 0.15) is 0 Å². The first kappa shape index (κ1) is 31.5. The number of hydrogen-bond acceptors (Lipinski definition) is 1. The van der Waals surface area contributed by atoms with E-state index in [4.69, 9.17) is 5.11 Å². The Bertz CT molecular complexity index is 647. The molecule has 0 spiro atoms. The predicted molar refractivity (Wildman–Crippen MR) is 57.6 cm³/mol. The average molecular weight is 550 g/mol. The summed E-state index contributed by atoms with van der Waals surface area (Å²) in [5.74, 6) is -77.4. The lowest BCUT2D eigenvalue weighted by Crippen LogP contribution is -2.76. The van der Waals surface area contributed by atoms with Gasteiger partial charge in [0.15, 0.2) is 0 Å². The summed E-state index contributed by atoms with van der Waals surface area (Å²) in [5.41, 5.74) is 0.